The standard InChI is InChI=1S/C24H27NO5/c1-2-3-8-16-20(22(26)27)21(16)24(25,23(28)29)13-17-14-9-4-6-11-18(14)30-19-12-7-5-10-15(17)19/h4-7,9-12,16-17,20-21H,2-3,8,13,25H2,1H3,(H,26,27)(H,28,29)/t16-,20+,21?,24-/m1/s1. The first-order valence-electron chi connectivity index (χ1n) is 10.5. The van der Waals surface area contributed by atoms with Crippen molar-refractivity contribution in [2.45, 2.75) is 44.1 Å². The van der Waals surface area contributed by atoms with E-state index in [1.165, 1.54) is 0 Å². The lowest BCUT2D eigenvalue weighted by atomic mass is 9.75. The Morgan fingerprint density at radius 1 is 1.03 bits per heavy atom. The lowest BCUT2D eigenvalue weighted by Crippen LogP contribution is -2.52. The van der Waals surface area contributed by atoms with Gasteiger partial charge in [0, 0.05) is 23.0 Å². The molecule has 0 aromatic heterocycles. The lowest BCUT2D eigenvalue weighted by molar-refractivity contribution is -0.145. The number of carboxylic acids is 2. The van der Waals surface area contributed by atoms with E-state index < -0.39 is 29.3 Å². The van der Waals surface area contributed by atoms with Gasteiger partial charge in [-0.05, 0) is 30.9 Å². The van der Waals surface area contributed by atoms with E-state index in [0.29, 0.717) is 17.9 Å². The highest BCUT2D eigenvalue weighted by Gasteiger charge is 2.66. The van der Waals surface area contributed by atoms with Crippen LogP contribution in [0, 0.1) is 17.8 Å². The third-order valence-corrected chi connectivity index (χ3v) is 6.69. The Balaban J connectivity index is 1.72. The summed E-state index contributed by atoms with van der Waals surface area (Å²) in [4.78, 5) is 24.3. The van der Waals surface area contributed by atoms with Crippen LogP contribution < -0.4 is 10.5 Å². The van der Waals surface area contributed by atoms with Crippen molar-refractivity contribution in [2.75, 3.05) is 0 Å². The molecule has 0 spiro atoms. The molecule has 0 amide bonds. The maximum atomic E-state index is 12.4. The van der Waals surface area contributed by atoms with E-state index in [1.54, 1.807) is 0 Å². The van der Waals surface area contributed by atoms with Crippen LogP contribution in [0.5, 0.6) is 11.5 Å². The van der Waals surface area contributed by atoms with Crippen LogP contribution in [-0.4, -0.2) is 27.7 Å². The Labute approximate surface area is 175 Å². The first kappa shape index (κ1) is 20.4. The predicted octanol–water partition coefficient (Wildman–Crippen LogP) is 4.23. The molecule has 2 aromatic rings. The van der Waals surface area contributed by atoms with Gasteiger partial charge in [0.25, 0.3) is 0 Å². The van der Waals surface area contributed by atoms with Crippen molar-refractivity contribution in [1.82, 2.24) is 0 Å². The molecule has 4 rings (SSSR count). The fourth-order valence-corrected chi connectivity index (χ4v) is 5.14. The summed E-state index contributed by atoms with van der Waals surface area (Å²) in [5, 5.41) is 19.9. The molecule has 2 aromatic carbocycles. The van der Waals surface area contributed by atoms with Gasteiger partial charge in [0.15, 0.2) is 0 Å². The molecule has 1 heterocycles. The summed E-state index contributed by atoms with van der Waals surface area (Å²) in [7, 11) is 0. The highest BCUT2D eigenvalue weighted by molar-refractivity contribution is 5.84. The molecule has 4 atom stereocenters. The second-order valence-electron chi connectivity index (χ2n) is 8.48. The van der Waals surface area contributed by atoms with Crippen LogP contribution in [0.1, 0.15) is 49.7 Å². The minimum Gasteiger partial charge on any atom is -0.481 e. The van der Waals surface area contributed by atoms with Crippen molar-refractivity contribution >= 4 is 11.9 Å². The van der Waals surface area contributed by atoms with E-state index in [9.17, 15) is 19.8 Å². The third-order valence-electron chi connectivity index (χ3n) is 6.69. The maximum absolute atomic E-state index is 12.4. The Bertz CT molecular complexity index is 928. The topological polar surface area (TPSA) is 110 Å². The molecular formula is C24H27NO5. The molecule has 6 nitrogen and oxygen atoms in total. The minimum absolute atomic E-state index is 0.122. The van der Waals surface area contributed by atoms with Crippen LogP contribution in [0.2, 0.25) is 0 Å². The quantitative estimate of drug-likeness (QED) is 0.602. The summed E-state index contributed by atoms with van der Waals surface area (Å²) in [6.45, 7) is 2.04. The molecule has 30 heavy (non-hydrogen) atoms. The molecule has 0 bridgehead atoms. The van der Waals surface area contributed by atoms with Gasteiger partial charge in [0.05, 0.1) is 5.92 Å². The van der Waals surface area contributed by atoms with Crippen LogP contribution >= 0.6 is 0 Å². The van der Waals surface area contributed by atoms with Gasteiger partial charge in [-0.2, -0.15) is 0 Å². The Kier molecular flexibility index (Phi) is 5.28. The number of unbranched alkanes of at least 4 members (excludes halogenated alkanes) is 1. The van der Waals surface area contributed by atoms with Gasteiger partial charge in [-0.3, -0.25) is 9.59 Å². The van der Waals surface area contributed by atoms with Crippen molar-refractivity contribution < 1.29 is 24.5 Å². The zero-order chi connectivity index (χ0) is 21.5. The molecule has 1 fully saturated rings. The van der Waals surface area contributed by atoms with E-state index in [2.05, 4.69) is 0 Å². The molecule has 2 aliphatic rings. The van der Waals surface area contributed by atoms with Gasteiger partial charge >= 0.3 is 11.9 Å². The van der Waals surface area contributed by atoms with Crippen molar-refractivity contribution in [2.24, 2.45) is 23.5 Å². The van der Waals surface area contributed by atoms with Crippen molar-refractivity contribution in [1.29, 1.82) is 0 Å². The van der Waals surface area contributed by atoms with Crippen molar-refractivity contribution in [3.8, 4) is 11.5 Å². The smallest absolute Gasteiger partial charge is 0.324 e. The maximum Gasteiger partial charge on any atom is 0.324 e. The summed E-state index contributed by atoms with van der Waals surface area (Å²) in [5.74, 6) is -2.50. The largest absolute Gasteiger partial charge is 0.481 e. The Hall–Kier alpha value is -2.86. The van der Waals surface area contributed by atoms with E-state index in [4.69, 9.17) is 10.5 Å². The number of ether oxygens (including phenoxy) is 1. The second-order valence-corrected chi connectivity index (χ2v) is 8.48. The van der Waals surface area contributed by atoms with E-state index >= 15 is 0 Å². The van der Waals surface area contributed by atoms with Crippen LogP contribution in [0.4, 0.5) is 0 Å². The number of benzene rings is 2. The van der Waals surface area contributed by atoms with Crippen LogP contribution in [0.15, 0.2) is 48.5 Å². The van der Waals surface area contributed by atoms with Crippen LogP contribution in [0.3, 0.4) is 0 Å². The predicted molar refractivity (Wildman–Crippen MR) is 112 cm³/mol. The van der Waals surface area contributed by atoms with Gasteiger partial charge < -0.3 is 20.7 Å². The summed E-state index contributed by atoms with van der Waals surface area (Å²) in [5.41, 5.74) is 6.70. The molecular weight excluding hydrogens is 382 g/mol. The summed E-state index contributed by atoms with van der Waals surface area (Å²) < 4.78 is 6.01. The van der Waals surface area contributed by atoms with Crippen LogP contribution in [0.25, 0.3) is 0 Å². The molecule has 6 heteroatoms. The molecule has 1 unspecified atom stereocenters. The third kappa shape index (κ3) is 3.35. The number of aliphatic carboxylic acids is 2. The number of rotatable bonds is 8. The van der Waals surface area contributed by atoms with Gasteiger partial charge in [-0.1, -0.05) is 56.2 Å². The first-order valence-corrected chi connectivity index (χ1v) is 10.5. The average molecular weight is 409 g/mol. The number of nitrogens with two attached hydrogens (primary N) is 1. The number of carboxylic acid groups (broad SMARTS) is 2. The molecule has 1 aliphatic carbocycles. The van der Waals surface area contributed by atoms with Crippen molar-refractivity contribution in [3.05, 3.63) is 59.7 Å². The highest BCUT2D eigenvalue weighted by Crippen LogP contribution is 2.58. The molecule has 0 radical (unpaired) electrons. The highest BCUT2D eigenvalue weighted by atomic mass is 16.5. The van der Waals surface area contributed by atoms with Gasteiger partial charge in [-0.15, -0.1) is 0 Å². The number of hydrogen-bond acceptors (Lipinski definition) is 4. The summed E-state index contributed by atoms with van der Waals surface area (Å²) in [6.07, 6.45) is 2.60. The van der Waals surface area contributed by atoms with Crippen molar-refractivity contribution in [3.63, 3.8) is 0 Å². The van der Waals surface area contributed by atoms with Crippen LogP contribution in [-0.2, 0) is 9.59 Å². The monoisotopic (exact) mass is 409 g/mol. The average Bonchev–Trinajstić information content (AvgIpc) is 3.47. The number of para-hydroxylation sites is 2. The van der Waals surface area contributed by atoms with E-state index in [1.807, 2.05) is 55.5 Å². The summed E-state index contributed by atoms with van der Waals surface area (Å²) in [6, 6.07) is 15.1. The molecule has 1 aliphatic heterocycles. The van der Waals surface area contributed by atoms with Gasteiger partial charge in [0.2, 0.25) is 0 Å². The SMILES string of the molecule is CCCC[C@H]1C([C@](N)(CC2c3ccccc3Oc3ccccc32)C(=O)O)[C@H]1C(=O)O. The number of fused-ring (bicyclic) bond motifs is 2. The number of carbonyl (C=O) groups is 2. The molecule has 1 saturated carbocycles. The molecule has 4 N–H and O–H groups in total. The zero-order valence-corrected chi connectivity index (χ0v) is 17.0. The van der Waals surface area contributed by atoms with Gasteiger partial charge in [-0.25, -0.2) is 0 Å². The van der Waals surface area contributed by atoms with E-state index in [-0.39, 0.29) is 18.3 Å². The van der Waals surface area contributed by atoms with E-state index in [0.717, 1.165) is 24.0 Å². The molecule has 158 valence electrons. The first-order chi connectivity index (χ1) is 14.4. The fourth-order valence-electron chi connectivity index (χ4n) is 5.14. The normalized spacial score (nSPS) is 24.1. The second kappa shape index (κ2) is 7.76. The lowest BCUT2D eigenvalue weighted by Gasteiger charge is -2.34. The Morgan fingerprint density at radius 3 is 2.10 bits per heavy atom. The summed E-state index contributed by atoms with van der Waals surface area (Å²) >= 11 is 0. The Morgan fingerprint density at radius 2 is 1.60 bits per heavy atom. The number of hydrogen-bond donors (Lipinski definition) is 3. The molecule has 0 saturated heterocycles. The zero-order valence-electron chi connectivity index (χ0n) is 17.0. The minimum atomic E-state index is -1.64. The fraction of sp³-hybridized carbons (Fsp3) is 0.417. The van der Waals surface area contributed by atoms with Gasteiger partial charge in [0.1, 0.15) is 17.0 Å².